The quantitative estimate of drug-likeness (QED) is 0.109. The van der Waals surface area contributed by atoms with Gasteiger partial charge in [-0.05, 0) is 36.1 Å². The monoisotopic (exact) mass is 397 g/mol. The number of amides is 1. The molecule has 0 saturated heterocycles. The predicted molar refractivity (Wildman–Crippen MR) is 113 cm³/mol. The third-order valence-electron chi connectivity index (χ3n) is 3.46. The van der Waals surface area contributed by atoms with Gasteiger partial charge in [0.15, 0.2) is 5.96 Å². The number of aliphatic imine (C=N–C) groups is 1. The summed E-state index contributed by atoms with van der Waals surface area (Å²) in [5.74, 6) is 1.74. The second kappa shape index (κ2) is 12.4. The predicted octanol–water partition coefficient (Wildman–Crippen LogP) is 0.937. The van der Waals surface area contributed by atoms with Gasteiger partial charge in [0.2, 0.25) is 0 Å². The Kier molecular flexibility index (Phi) is 10.5. The van der Waals surface area contributed by atoms with Crippen molar-refractivity contribution in [2.45, 2.75) is 24.3 Å². The van der Waals surface area contributed by atoms with Gasteiger partial charge in [0.25, 0.3) is 5.91 Å². The van der Waals surface area contributed by atoms with Crippen molar-refractivity contribution in [2.75, 3.05) is 19.7 Å². The minimum Gasteiger partial charge on any atom is -0.492 e. The summed E-state index contributed by atoms with van der Waals surface area (Å²) in [6, 6.07) is 5.78. The maximum absolute atomic E-state index is 11.9. The molecule has 0 aromatic heterocycles. The number of hydrogen-bond donors (Lipinski definition) is 6. The normalized spacial score (nSPS) is 11.1. The number of carbonyl (C=O) groups excluding carboxylic acids is 1. The molecule has 26 heavy (non-hydrogen) atoms. The van der Waals surface area contributed by atoms with Crippen molar-refractivity contribution in [3.63, 3.8) is 0 Å². The van der Waals surface area contributed by atoms with Crippen molar-refractivity contribution in [3.8, 4) is 5.75 Å². The fraction of sp³-hybridized carbons (Fsp3) is 0.412. The molecule has 9 heteroatoms. The molecule has 0 bridgehead atoms. The van der Waals surface area contributed by atoms with Gasteiger partial charge in [0.1, 0.15) is 12.4 Å². The van der Waals surface area contributed by atoms with Crippen molar-refractivity contribution in [1.82, 2.24) is 5.32 Å². The highest BCUT2D eigenvalue weighted by Gasteiger charge is 2.05. The first kappa shape index (κ1) is 22.0. The van der Waals surface area contributed by atoms with E-state index in [1.165, 1.54) is 0 Å². The molecule has 0 spiro atoms. The van der Waals surface area contributed by atoms with Crippen LogP contribution in [0, 0.1) is 0 Å². The zero-order valence-electron chi connectivity index (χ0n) is 14.6. The highest BCUT2D eigenvalue weighted by atomic mass is 32.1. The highest BCUT2D eigenvalue weighted by molar-refractivity contribution is 7.79. The van der Waals surface area contributed by atoms with Gasteiger partial charge in [-0.15, -0.1) is 0 Å². The third-order valence-corrected chi connectivity index (χ3v) is 4.14. The minimum absolute atomic E-state index is 0.0569. The lowest BCUT2D eigenvalue weighted by Crippen LogP contribution is -2.32. The number of ether oxygens (including phenoxy) is 1. The first-order chi connectivity index (χ1) is 12.5. The van der Waals surface area contributed by atoms with Crippen molar-refractivity contribution < 1.29 is 9.53 Å². The van der Waals surface area contributed by atoms with E-state index in [0.29, 0.717) is 44.0 Å². The van der Waals surface area contributed by atoms with Crippen LogP contribution in [0.25, 0.3) is 0 Å². The number of hydrogen-bond acceptors (Lipinski definition) is 6. The molecule has 1 aromatic carbocycles. The number of benzene rings is 1. The molecular weight excluding hydrogens is 370 g/mol. The number of allylic oxidation sites excluding steroid dienone is 1. The Labute approximate surface area is 165 Å². The van der Waals surface area contributed by atoms with Crippen LogP contribution in [0.5, 0.6) is 5.75 Å². The van der Waals surface area contributed by atoms with Crippen LogP contribution in [0.3, 0.4) is 0 Å². The zero-order chi connectivity index (χ0) is 19.4. The Balaban J connectivity index is 2.32. The Morgan fingerprint density at radius 3 is 2.58 bits per heavy atom. The molecule has 0 fully saturated rings. The standard InChI is InChI=1S/C17H27N5O2S2/c18-15(3-1-2-6-22-17(19)20)16(23)21-7-8-24-14-5-4-12(10-25)13(9-14)11-26/h3-5,9,25-26H,1-2,6-8,10-11,18H2,(H,21,23)(H4,19,20,22)/b15-3-. The van der Waals surface area contributed by atoms with Gasteiger partial charge in [-0.2, -0.15) is 25.3 Å². The molecular formula is C17H27N5O2S2. The van der Waals surface area contributed by atoms with Crippen LogP contribution in [-0.2, 0) is 16.3 Å². The van der Waals surface area contributed by atoms with Crippen molar-refractivity contribution in [2.24, 2.45) is 22.2 Å². The Morgan fingerprint density at radius 2 is 1.92 bits per heavy atom. The number of unbranched alkanes of at least 4 members (excludes halogenated alkanes) is 1. The molecule has 0 saturated carbocycles. The maximum Gasteiger partial charge on any atom is 0.266 e. The molecule has 1 aromatic rings. The maximum atomic E-state index is 11.9. The second-order valence-electron chi connectivity index (χ2n) is 5.46. The van der Waals surface area contributed by atoms with E-state index < -0.39 is 0 Å². The highest BCUT2D eigenvalue weighted by Crippen LogP contribution is 2.20. The topological polar surface area (TPSA) is 129 Å². The van der Waals surface area contributed by atoms with E-state index in [9.17, 15) is 4.79 Å². The Bertz CT molecular complexity index is 646. The summed E-state index contributed by atoms with van der Waals surface area (Å²) in [4.78, 5) is 15.7. The van der Waals surface area contributed by atoms with Gasteiger partial charge in [0, 0.05) is 18.1 Å². The third kappa shape index (κ3) is 8.39. The number of guanidine groups is 1. The van der Waals surface area contributed by atoms with E-state index in [1.54, 1.807) is 6.08 Å². The lowest BCUT2D eigenvalue weighted by Gasteiger charge is -2.11. The van der Waals surface area contributed by atoms with Gasteiger partial charge in [0.05, 0.1) is 12.2 Å². The summed E-state index contributed by atoms with van der Waals surface area (Å²) < 4.78 is 5.64. The van der Waals surface area contributed by atoms with Crippen LogP contribution in [0.15, 0.2) is 35.0 Å². The largest absolute Gasteiger partial charge is 0.492 e. The number of nitrogens with two attached hydrogens (primary N) is 3. The fourth-order valence-electron chi connectivity index (χ4n) is 2.08. The number of nitrogens with one attached hydrogen (secondary N) is 1. The lowest BCUT2D eigenvalue weighted by atomic mass is 10.1. The molecule has 7 nitrogen and oxygen atoms in total. The average Bonchev–Trinajstić information content (AvgIpc) is 2.63. The van der Waals surface area contributed by atoms with E-state index in [2.05, 4.69) is 35.6 Å². The molecule has 0 aliphatic rings. The molecule has 0 unspecified atom stereocenters. The molecule has 0 heterocycles. The molecule has 1 amide bonds. The van der Waals surface area contributed by atoms with Crippen molar-refractivity contribution >= 4 is 37.1 Å². The Hall–Kier alpha value is -2.00. The summed E-state index contributed by atoms with van der Waals surface area (Å²) >= 11 is 8.59. The first-order valence-electron chi connectivity index (χ1n) is 8.23. The number of rotatable bonds is 11. The fourth-order valence-corrected chi connectivity index (χ4v) is 2.68. The summed E-state index contributed by atoms with van der Waals surface area (Å²) in [5.41, 5.74) is 18.6. The van der Waals surface area contributed by atoms with E-state index in [4.69, 9.17) is 21.9 Å². The van der Waals surface area contributed by atoms with Crippen LogP contribution >= 0.6 is 25.3 Å². The minimum atomic E-state index is -0.322. The van der Waals surface area contributed by atoms with E-state index in [-0.39, 0.29) is 17.6 Å². The first-order valence-corrected chi connectivity index (χ1v) is 9.50. The SMILES string of the molecule is NC(N)=NCCC/C=C(\N)C(=O)NCCOc1ccc(CS)c(CS)c1. The summed E-state index contributed by atoms with van der Waals surface area (Å²) in [5, 5.41) is 2.71. The van der Waals surface area contributed by atoms with Gasteiger partial charge < -0.3 is 27.3 Å². The van der Waals surface area contributed by atoms with E-state index in [1.807, 2.05) is 18.2 Å². The number of thiol groups is 2. The van der Waals surface area contributed by atoms with Crippen molar-refractivity contribution in [1.29, 1.82) is 0 Å². The number of carbonyl (C=O) groups is 1. The molecule has 0 aliphatic heterocycles. The van der Waals surface area contributed by atoms with Crippen molar-refractivity contribution in [3.05, 3.63) is 41.1 Å². The lowest BCUT2D eigenvalue weighted by molar-refractivity contribution is -0.117. The van der Waals surface area contributed by atoms with Crippen LogP contribution in [0.4, 0.5) is 0 Å². The molecule has 144 valence electrons. The molecule has 1 rings (SSSR count). The van der Waals surface area contributed by atoms with Crippen LogP contribution in [0.1, 0.15) is 24.0 Å². The van der Waals surface area contributed by atoms with E-state index in [0.717, 1.165) is 16.9 Å². The Morgan fingerprint density at radius 1 is 1.19 bits per heavy atom. The molecule has 7 N–H and O–H groups in total. The zero-order valence-corrected chi connectivity index (χ0v) is 16.4. The second-order valence-corrected chi connectivity index (χ2v) is 6.09. The molecule has 0 aliphatic carbocycles. The van der Waals surface area contributed by atoms with Gasteiger partial charge in [-0.3, -0.25) is 9.79 Å². The van der Waals surface area contributed by atoms with Gasteiger partial charge in [-0.1, -0.05) is 12.1 Å². The van der Waals surface area contributed by atoms with Gasteiger partial charge in [-0.25, -0.2) is 0 Å². The molecule has 0 atom stereocenters. The smallest absolute Gasteiger partial charge is 0.266 e. The van der Waals surface area contributed by atoms with Crippen LogP contribution in [-0.4, -0.2) is 31.6 Å². The van der Waals surface area contributed by atoms with Gasteiger partial charge >= 0.3 is 0 Å². The average molecular weight is 398 g/mol. The summed E-state index contributed by atoms with van der Waals surface area (Å²) in [6.07, 6.45) is 2.99. The molecule has 0 radical (unpaired) electrons. The summed E-state index contributed by atoms with van der Waals surface area (Å²) in [6.45, 7) is 1.20. The number of nitrogens with zero attached hydrogens (tertiary/aromatic N) is 1. The van der Waals surface area contributed by atoms with E-state index >= 15 is 0 Å². The summed E-state index contributed by atoms with van der Waals surface area (Å²) in [7, 11) is 0. The van der Waals surface area contributed by atoms with Crippen LogP contribution < -0.4 is 27.3 Å². The van der Waals surface area contributed by atoms with Crippen LogP contribution in [0.2, 0.25) is 0 Å².